The van der Waals surface area contributed by atoms with Crippen molar-refractivity contribution < 1.29 is 9.53 Å². The second-order valence-electron chi connectivity index (χ2n) is 6.06. The van der Waals surface area contributed by atoms with Crippen LogP contribution in [0.5, 0.6) is 0 Å². The Morgan fingerprint density at radius 1 is 0.926 bits per heavy atom. The molecule has 5 nitrogen and oxygen atoms in total. The van der Waals surface area contributed by atoms with Crippen molar-refractivity contribution in [2.75, 3.05) is 6.61 Å². The van der Waals surface area contributed by atoms with Crippen LogP contribution in [0.15, 0.2) is 84.1 Å². The molecule has 3 rings (SSSR count). The fourth-order valence-corrected chi connectivity index (χ4v) is 2.72. The number of rotatable bonds is 6. The van der Waals surface area contributed by atoms with Crippen LogP contribution >= 0.6 is 0 Å². The molecule has 5 heteroatoms. The maximum atomic E-state index is 12.9. The van der Waals surface area contributed by atoms with Crippen molar-refractivity contribution in [1.29, 1.82) is 0 Å². The summed E-state index contributed by atoms with van der Waals surface area (Å²) in [5.41, 5.74) is 1.11. The molecule has 0 bridgehead atoms. The third-order valence-corrected chi connectivity index (χ3v) is 4.10. The molecular weight excluding hydrogens is 338 g/mol. The first-order chi connectivity index (χ1) is 13.1. The molecule has 1 atom stereocenters. The number of esters is 1. The van der Waals surface area contributed by atoms with E-state index >= 15 is 0 Å². The minimum Gasteiger partial charge on any atom is -0.464 e. The van der Waals surface area contributed by atoms with Crippen molar-refractivity contribution in [3.63, 3.8) is 0 Å². The SMILES string of the molecule is CCOC(=O)[C@@](C)(N=C(c1ccccc1)c1ccccc1)c1ncccn1. The molecule has 0 aliphatic carbocycles. The van der Waals surface area contributed by atoms with Gasteiger partial charge in [-0.15, -0.1) is 0 Å². The highest BCUT2D eigenvalue weighted by molar-refractivity contribution is 6.13. The van der Waals surface area contributed by atoms with Gasteiger partial charge in [0.1, 0.15) is 0 Å². The van der Waals surface area contributed by atoms with Crippen LogP contribution in [0.3, 0.4) is 0 Å². The monoisotopic (exact) mass is 359 g/mol. The third-order valence-electron chi connectivity index (χ3n) is 4.10. The van der Waals surface area contributed by atoms with Gasteiger partial charge in [0.25, 0.3) is 0 Å². The number of benzene rings is 2. The van der Waals surface area contributed by atoms with Gasteiger partial charge in [-0.2, -0.15) is 0 Å². The van der Waals surface area contributed by atoms with Gasteiger partial charge in [0, 0.05) is 23.5 Å². The standard InChI is InChI=1S/C22H21N3O2/c1-3-27-21(26)22(2,20-23-15-10-16-24-20)25-19(17-11-6-4-7-12-17)18-13-8-5-9-14-18/h4-16H,3H2,1-2H3/t22-/m0/s1. The third kappa shape index (κ3) is 4.08. The van der Waals surface area contributed by atoms with Crippen molar-refractivity contribution >= 4 is 11.7 Å². The van der Waals surface area contributed by atoms with Gasteiger partial charge < -0.3 is 4.74 Å². The highest BCUT2D eigenvalue weighted by Crippen LogP contribution is 2.27. The smallest absolute Gasteiger partial charge is 0.341 e. The first kappa shape index (κ1) is 18.5. The molecular formula is C22H21N3O2. The van der Waals surface area contributed by atoms with Gasteiger partial charge >= 0.3 is 5.97 Å². The van der Waals surface area contributed by atoms with Crippen molar-refractivity contribution in [2.45, 2.75) is 19.4 Å². The maximum Gasteiger partial charge on any atom is 0.341 e. The molecule has 0 saturated heterocycles. The molecule has 1 aromatic heterocycles. The van der Waals surface area contributed by atoms with Crippen LogP contribution in [0.2, 0.25) is 0 Å². The van der Waals surface area contributed by atoms with E-state index in [0.29, 0.717) is 11.5 Å². The van der Waals surface area contributed by atoms with E-state index in [9.17, 15) is 4.79 Å². The molecule has 0 radical (unpaired) electrons. The van der Waals surface area contributed by atoms with E-state index in [2.05, 4.69) is 9.97 Å². The van der Waals surface area contributed by atoms with Crippen molar-refractivity contribution in [1.82, 2.24) is 9.97 Å². The fourth-order valence-electron chi connectivity index (χ4n) is 2.72. The van der Waals surface area contributed by atoms with Crippen LogP contribution in [0, 0.1) is 0 Å². The number of aromatic nitrogens is 2. The summed E-state index contributed by atoms with van der Waals surface area (Å²) in [6.07, 6.45) is 3.19. The number of ether oxygens (including phenoxy) is 1. The molecule has 0 spiro atoms. The quantitative estimate of drug-likeness (QED) is 0.496. The number of hydrogen-bond donors (Lipinski definition) is 0. The molecule has 0 fully saturated rings. The van der Waals surface area contributed by atoms with Crippen LogP contribution in [0.4, 0.5) is 0 Å². The summed E-state index contributed by atoms with van der Waals surface area (Å²) in [5.74, 6) is -0.187. The zero-order valence-electron chi connectivity index (χ0n) is 15.4. The highest BCUT2D eigenvalue weighted by atomic mass is 16.5. The molecule has 1 heterocycles. The Hall–Kier alpha value is -3.34. The predicted octanol–water partition coefficient (Wildman–Crippen LogP) is 3.79. The van der Waals surface area contributed by atoms with Crippen LogP contribution in [-0.4, -0.2) is 28.3 Å². The maximum absolute atomic E-state index is 12.9. The molecule has 3 aromatic rings. The lowest BCUT2D eigenvalue weighted by Crippen LogP contribution is -2.36. The fraction of sp³-hybridized carbons (Fsp3) is 0.182. The lowest BCUT2D eigenvalue weighted by Gasteiger charge is -2.23. The Morgan fingerprint density at radius 3 is 1.93 bits per heavy atom. The van der Waals surface area contributed by atoms with Gasteiger partial charge in [-0.25, -0.2) is 14.8 Å². The van der Waals surface area contributed by atoms with Crippen LogP contribution in [0.1, 0.15) is 30.8 Å². The minimum atomic E-state index is -1.36. The number of hydrogen-bond acceptors (Lipinski definition) is 5. The summed E-state index contributed by atoms with van der Waals surface area (Å²) in [7, 11) is 0. The normalized spacial score (nSPS) is 12.7. The van der Waals surface area contributed by atoms with Gasteiger partial charge in [-0.05, 0) is 19.9 Å². The van der Waals surface area contributed by atoms with E-state index < -0.39 is 11.5 Å². The molecule has 0 N–H and O–H groups in total. The largest absolute Gasteiger partial charge is 0.464 e. The summed E-state index contributed by atoms with van der Waals surface area (Å²) in [6.45, 7) is 3.71. The molecule has 136 valence electrons. The molecule has 0 aliphatic heterocycles. The van der Waals surface area contributed by atoms with Gasteiger partial charge in [-0.1, -0.05) is 60.7 Å². The Balaban J connectivity index is 2.22. The Bertz CT molecular complexity index is 871. The average molecular weight is 359 g/mol. The highest BCUT2D eigenvalue weighted by Gasteiger charge is 2.40. The first-order valence-corrected chi connectivity index (χ1v) is 8.80. The van der Waals surface area contributed by atoms with Crippen molar-refractivity contribution in [3.8, 4) is 0 Å². The Labute approximate surface area is 158 Å². The van der Waals surface area contributed by atoms with E-state index in [4.69, 9.17) is 9.73 Å². The minimum absolute atomic E-state index is 0.253. The molecule has 0 saturated carbocycles. The van der Waals surface area contributed by atoms with Crippen LogP contribution < -0.4 is 0 Å². The van der Waals surface area contributed by atoms with Crippen molar-refractivity contribution in [3.05, 3.63) is 96.1 Å². The van der Waals surface area contributed by atoms with E-state index in [-0.39, 0.29) is 6.61 Å². The average Bonchev–Trinajstić information content (AvgIpc) is 2.74. The van der Waals surface area contributed by atoms with E-state index in [1.807, 2.05) is 60.7 Å². The second kappa shape index (κ2) is 8.36. The molecule has 0 amide bonds. The van der Waals surface area contributed by atoms with E-state index in [1.165, 1.54) is 0 Å². The molecule has 2 aromatic carbocycles. The van der Waals surface area contributed by atoms with Crippen LogP contribution in [0.25, 0.3) is 0 Å². The van der Waals surface area contributed by atoms with E-state index in [0.717, 1.165) is 11.1 Å². The summed E-state index contributed by atoms with van der Waals surface area (Å²) in [4.78, 5) is 26.3. The molecule has 27 heavy (non-hydrogen) atoms. The number of aliphatic imine (C=N–C) groups is 1. The lowest BCUT2D eigenvalue weighted by atomic mass is 9.97. The Morgan fingerprint density at radius 2 is 1.44 bits per heavy atom. The van der Waals surface area contributed by atoms with Gasteiger partial charge in [0.15, 0.2) is 5.82 Å². The number of carbonyl (C=O) groups excluding carboxylic acids is 1. The summed E-state index contributed by atoms with van der Waals surface area (Å²) in [6, 6.07) is 21.2. The predicted molar refractivity (Wildman–Crippen MR) is 105 cm³/mol. The molecule has 0 aliphatic rings. The van der Waals surface area contributed by atoms with Gasteiger partial charge in [-0.3, -0.25) is 4.99 Å². The summed E-state index contributed by atoms with van der Waals surface area (Å²) >= 11 is 0. The Kier molecular flexibility index (Phi) is 5.71. The zero-order chi connectivity index (χ0) is 19.1. The molecule has 0 unspecified atom stereocenters. The van der Waals surface area contributed by atoms with Crippen molar-refractivity contribution in [2.24, 2.45) is 4.99 Å². The number of carbonyl (C=O) groups is 1. The topological polar surface area (TPSA) is 64.4 Å². The van der Waals surface area contributed by atoms with Crippen LogP contribution in [-0.2, 0) is 15.1 Å². The summed E-state index contributed by atoms with van der Waals surface area (Å²) < 4.78 is 5.31. The van der Waals surface area contributed by atoms with Gasteiger partial charge in [0.05, 0.1) is 12.3 Å². The van der Waals surface area contributed by atoms with E-state index in [1.54, 1.807) is 32.3 Å². The second-order valence-corrected chi connectivity index (χ2v) is 6.06. The lowest BCUT2D eigenvalue weighted by molar-refractivity contribution is -0.149. The summed E-state index contributed by atoms with van der Waals surface area (Å²) in [5, 5.41) is 0. The zero-order valence-corrected chi connectivity index (χ0v) is 15.4. The number of nitrogens with zero attached hydrogens (tertiary/aromatic N) is 3. The van der Waals surface area contributed by atoms with Gasteiger partial charge in [0.2, 0.25) is 5.54 Å². The first-order valence-electron chi connectivity index (χ1n) is 8.80.